The minimum Gasteiger partial charge on any atom is -0.457 e. The standard InChI is InChI=1S/C22H22O4S4/c1-3-25-21(23)29-27-19(17-11-7-5-8-12-17)15-16-20(18-13-9-6-10-14-18)28-30-22(24)26-4-2/h5-16H,3-4H2,1-2H3/b19-15-,20-16-. The van der Waals surface area contributed by atoms with Crippen LogP contribution in [0.4, 0.5) is 9.59 Å². The van der Waals surface area contributed by atoms with Gasteiger partial charge < -0.3 is 9.47 Å². The molecule has 0 radical (unpaired) electrons. The predicted octanol–water partition coefficient (Wildman–Crippen LogP) is 8.14. The molecule has 2 rings (SSSR count). The summed E-state index contributed by atoms with van der Waals surface area (Å²) in [5, 5.41) is -0.660. The first kappa shape index (κ1) is 24.5. The first-order chi connectivity index (χ1) is 14.6. The van der Waals surface area contributed by atoms with Gasteiger partial charge in [0.05, 0.1) is 13.2 Å². The Morgan fingerprint density at radius 2 is 1.03 bits per heavy atom. The summed E-state index contributed by atoms with van der Waals surface area (Å²) in [6.45, 7) is 4.25. The summed E-state index contributed by atoms with van der Waals surface area (Å²) in [6.07, 6.45) is 3.90. The molecule has 0 aromatic heterocycles. The maximum atomic E-state index is 11.8. The number of rotatable bonds is 9. The lowest BCUT2D eigenvalue weighted by Crippen LogP contribution is -1.94. The van der Waals surface area contributed by atoms with Gasteiger partial charge in [0.2, 0.25) is 0 Å². The van der Waals surface area contributed by atoms with E-state index in [0.717, 1.165) is 42.5 Å². The quantitative estimate of drug-likeness (QED) is 0.203. The van der Waals surface area contributed by atoms with Crippen LogP contribution >= 0.6 is 43.2 Å². The fourth-order valence-corrected chi connectivity index (χ4v) is 5.65. The summed E-state index contributed by atoms with van der Waals surface area (Å²) < 4.78 is 10.0. The van der Waals surface area contributed by atoms with Gasteiger partial charge in [-0.3, -0.25) is 0 Å². The van der Waals surface area contributed by atoms with E-state index >= 15 is 0 Å². The molecule has 0 N–H and O–H groups in total. The van der Waals surface area contributed by atoms with Gasteiger partial charge in [-0.25, -0.2) is 9.59 Å². The minimum absolute atomic E-state index is 0.330. The molecule has 0 aliphatic carbocycles. The fourth-order valence-electron chi connectivity index (χ4n) is 2.14. The lowest BCUT2D eigenvalue weighted by Gasteiger charge is -2.08. The maximum Gasteiger partial charge on any atom is 0.378 e. The van der Waals surface area contributed by atoms with Gasteiger partial charge >= 0.3 is 10.6 Å². The van der Waals surface area contributed by atoms with Crippen LogP contribution in [0.15, 0.2) is 72.8 Å². The van der Waals surface area contributed by atoms with Crippen LogP contribution < -0.4 is 0 Å². The molecule has 4 nitrogen and oxygen atoms in total. The Labute approximate surface area is 193 Å². The van der Waals surface area contributed by atoms with Crippen molar-refractivity contribution in [2.24, 2.45) is 0 Å². The molecular weight excluding hydrogens is 457 g/mol. The smallest absolute Gasteiger partial charge is 0.378 e. The highest BCUT2D eigenvalue weighted by Gasteiger charge is 2.11. The number of hydrogen-bond donors (Lipinski definition) is 0. The van der Waals surface area contributed by atoms with Crippen LogP contribution in [0.3, 0.4) is 0 Å². The Hall–Kier alpha value is -1.74. The van der Waals surface area contributed by atoms with Gasteiger partial charge in [0.1, 0.15) is 0 Å². The topological polar surface area (TPSA) is 52.6 Å². The zero-order valence-corrected chi connectivity index (χ0v) is 19.9. The maximum absolute atomic E-state index is 11.8. The summed E-state index contributed by atoms with van der Waals surface area (Å²) in [5.41, 5.74) is 1.98. The normalized spacial score (nSPS) is 11.8. The minimum atomic E-state index is -0.330. The Kier molecular flexibility index (Phi) is 11.7. The molecule has 0 fully saturated rings. The van der Waals surface area contributed by atoms with Crippen LogP contribution in [0, 0.1) is 0 Å². The van der Waals surface area contributed by atoms with E-state index in [9.17, 15) is 9.59 Å². The van der Waals surface area contributed by atoms with E-state index in [4.69, 9.17) is 9.47 Å². The molecule has 0 amide bonds. The van der Waals surface area contributed by atoms with Crippen LogP contribution in [0.25, 0.3) is 9.81 Å². The van der Waals surface area contributed by atoms with E-state index < -0.39 is 0 Å². The van der Waals surface area contributed by atoms with Crippen molar-refractivity contribution < 1.29 is 19.1 Å². The molecular formula is C22H22O4S4. The van der Waals surface area contributed by atoms with E-state index in [1.54, 1.807) is 13.8 Å². The van der Waals surface area contributed by atoms with E-state index in [-0.39, 0.29) is 10.6 Å². The molecule has 0 atom stereocenters. The second kappa shape index (κ2) is 14.3. The van der Waals surface area contributed by atoms with Crippen molar-refractivity contribution in [3.8, 4) is 0 Å². The largest absolute Gasteiger partial charge is 0.457 e. The number of allylic oxidation sites excluding steroid dienone is 2. The van der Waals surface area contributed by atoms with Gasteiger partial charge in [-0.1, -0.05) is 60.7 Å². The first-order valence-corrected chi connectivity index (χ1v) is 13.5. The molecule has 0 spiro atoms. The van der Waals surface area contributed by atoms with Gasteiger partial charge in [0, 0.05) is 31.4 Å². The molecule has 2 aromatic carbocycles. The van der Waals surface area contributed by atoms with Gasteiger partial charge in [0.15, 0.2) is 0 Å². The molecule has 0 unspecified atom stereocenters. The average molecular weight is 479 g/mol. The molecule has 30 heavy (non-hydrogen) atoms. The molecule has 0 saturated carbocycles. The lowest BCUT2D eigenvalue weighted by molar-refractivity contribution is 0.181. The zero-order chi connectivity index (χ0) is 21.6. The van der Waals surface area contributed by atoms with E-state index in [1.807, 2.05) is 72.8 Å². The molecule has 0 saturated heterocycles. The molecule has 0 bridgehead atoms. The van der Waals surface area contributed by atoms with E-state index in [2.05, 4.69) is 0 Å². The second-order valence-corrected chi connectivity index (χ2v) is 9.71. The summed E-state index contributed by atoms with van der Waals surface area (Å²) in [4.78, 5) is 25.4. The Bertz CT molecular complexity index is 794. The second-order valence-electron chi connectivity index (χ2n) is 5.49. The SMILES string of the molecule is CCOC(=O)SS/C(=C\C=C(/SSC(=O)OCC)c1ccccc1)c1ccccc1. The third-order valence-corrected chi connectivity index (χ3v) is 7.60. The average Bonchev–Trinajstić information content (AvgIpc) is 2.77. The summed E-state index contributed by atoms with van der Waals surface area (Å²) in [7, 11) is 4.78. The van der Waals surface area contributed by atoms with Crippen molar-refractivity contribution in [2.75, 3.05) is 13.2 Å². The van der Waals surface area contributed by atoms with Crippen LogP contribution in [0.1, 0.15) is 25.0 Å². The van der Waals surface area contributed by atoms with Crippen LogP contribution in [0.5, 0.6) is 0 Å². The molecule has 0 aliphatic rings. The van der Waals surface area contributed by atoms with Gasteiger partial charge in [0.25, 0.3) is 0 Å². The highest BCUT2D eigenvalue weighted by Crippen LogP contribution is 2.41. The van der Waals surface area contributed by atoms with Gasteiger partial charge in [-0.2, -0.15) is 0 Å². The van der Waals surface area contributed by atoms with Crippen molar-refractivity contribution in [1.82, 2.24) is 0 Å². The van der Waals surface area contributed by atoms with Crippen molar-refractivity contribution in [2.45, 2.75) is 13.8 Å². The lowest BCUT2D eigenvalue weighted by atomic mass is 10.2. The van der Waals surface area contributed by atoms with E-state index in [0.29, 0.717) is 13.2 Å². The highest BCUT2D eigenvalue weighted by atomic mass is 33.1. The number of benzene rings is 2. The zero-order valence-electron chi connectivity index (χ0n) is 16.6. The number of carbonyl (C=O) groups is 2. The number of carbonyl (C=O) groups excluding carboxylic acids is 2. The molecule has 8 heteroatoms. The van der Waals surface area contributed by atoms with Crippen LogP contribution in [0.2, 0.25) is 0 Å². The fraction of sp³-hybridized carbons (Fsp3) is 0.182. The summed E-state index contributed by atoms with van der Waals surface area (Å²) in [5.74, 6) is 0. The van der Waals surface area contributed by atoms with Crippen molar-refractivity contribution in [3.05, 3.63) is 83.9 Å². The Balaban J connectivity index is 2.29. The van der Waals surface area contributed by atoms with Crippen molar-refractivity contribution in [3.63, 3.8) is 0 Å². The highest BCUT2D eigenvalue weighted by molar-refractivity contribution is 8.85. The Morgan fingerprint density at radius 1 is 0.667 bits per heavy atom. The van der Waals surface area contributed by atoms with Gasteiger partial charge in [-0.05, 0) is 58.7 Å². The number of hydrogen-bond acceptors (Lipinski definition) is 8. The Morgan fingerprint density at radius 3 is 1.37 bits per heavy atom. The molecule has 0 aliphatic heterocycles. The third kappa shape index (κ3) is 8.95. The molecule has 158 valence electrons. The van der Waals surface area contributed by atoms with Crippen molar-refractivity contribution in [1.29, 1.82) is 0 Å². The van der Waals surface area contributed by atoms with Crippen LogP contribution in [-0.4, -0.2) is 23.8 Å². The monoisotopic (exact) mass is 478 g/mol. The summed E-state index contributed by atoms with van der Waals surface area (Å²) >= 11 is 0. The first-order valence-electron chi connectivity index (χ1n) is 9.19. The molecule has 0 heterocycles. The van der Waals surface area contributed by atoms with Crippen LogP contribution in [-0.2, 0) is 9.47 Å². The third-order valence-electron chi connectivity index (χ3n) is 3.43. The van der Waals surface area contributed by atoms with E-state index in [1.165, 1.54) is 21.6 Å². The number of ether oxygens (including phenoxy) is 2. The van der Waals surface area contributed by atoms with Crippen molar-refractivity contribution >= 4 is 63.6 Å². The summed E-state index contributed by atoms with van der Waals surface area (Å²) in [6, 6.07) is 19.6. The molecule has 2 aromatic rings. The van der Waals surface area contributed by atoms with Gasteiger partial charge in [-0.15, -0.1) is 0 Å². The predicted molar refractivity (Wildman–Crippen MR) is 133 cm³/mol.